The lowest BCUT2D eigenvalue weighted by Crippen LogP contribution is -2.29. The van der Waals surface area contributed by atoms with Gasteiger partial charge >= 0.3 is 5.97 Å². The van der Waals surface area contributed by atoms with Crippen LogP contribution < -0.4 is 4.74 Å². The van der Waals surface area contributed by atoms with Crippen molar-refractivity contribution in [3.05, 3.63) is 29.8 Å². The van der Waals surface area contributed by atoms with Gasteiger partial charge in [-0.1, -0.05) is 31.9 Å². The predicted molar refractivity (Wildman–Crippen MR) is 74.4 cm³/mol. The van der Waals surface area contributed by atoms with Crippen LogP contribution >= 0.6 is 0 Å². The average molecular weight is 262 g/mol. The summed E-state index contributed by atoms with van der Waals surface area (Å²) in [4.78, 5) is 11.2. The largest absolute Gasteiger partial charge is 0.478 e. The smallest absolute Gasteiger partial charge is 0.345 e. The summed E-state index contributed by atoms with van der Waals surface area (Å²) < 4.78 is 5.65. The molecule has 0 aromatic heterocycles. The van der Waals surface area contributed by atoms with Gasteiger partial charge in [0.15, 0.2) is 6.10 Å². The van der Waals surface area contributed by atoms with E-state index in [1.165, 1.54) is 24.8 Å². The van der Waals surface area contributed by atoms with Gasteiger partial charge in [0.25, 0.3) is 0 Å². The van der Waals surface area contributed by atoms with Gasteiger partial charge in [-0.15, -0.1) is 0 Å². The van der Waals surface area contributed by atoms with Gasteiger partial charge in [0.2, 0.25) is 0 Å². The molecule has 104 valence electrons. The van der Waals surface area contributed by atoms with Crippen LogP contribution in [0.4, 0.5) is 0 Å². The summed E-state index contributed by atoms with van der Waals surface area (Å²) in [5, 5.41) is 9.16. The molecule has 2 rings (SSSR count). The lowest BCUT2D eigenvalue weighted by molar-refractivity contribution is -0.146. The van der Waals surface area contributed by atoms with Gasteiger partial charge in [0.1, 0.15) is 5.75 Å². The molecule has 0 radical (unpaired) electrons. The Hall–Kier alpha value is -1.51. The molecule has 1 aliphatic rings. The van der Waals surface area contributed by atoms with Crippen molar-refractivity contribution < 1.29 is 14.6 Å². The summed E-state index contributed by atoms with van der Waals surface area (Å²) in [6, 6.07) is 7.85. The van der Waals surface area contributed by atoms with Gasteiger partial charge in [-0.2, -0.15) is 0 Å². The van der Waals surface area contributed by atoms with Crippen molar-refractivity contribution in [3.8, 4) is 5.75 Å². The van der Waals surface area contributed by atoms with Gasteiger partial charge in [-0.3, -0.25) is 0 Å². The Morgan fingerprint density at radius 2 is 2.21 bits per heavy atom. The molecular formula is C16H22O3. The molecule has 0 aliphatic heterocycles. The van der Waals surface area contributed by atoms with Crippen molar-refractivity contribution in [2.75, 3.05) is 0 Å². The summed E-state index contributed by atoms with van der Waals surface area (Å²) in [5.74, 6) is 0.0356. The second-order valence-corrected chi connectivity index (χ2v) is 5.32. The highest BCUT2D eigenvalue weighted by Crippen LogP contribution is 2.35. The SMILES string of the molecule is CCCCCc1cccc(OC(C(=O)O)C2CC2)c1. The molecule has 1 aromatic carbocycles. The molecular weight excluding hydrogens is 240 g/mol. The third kappa shape index (κ3) is 4.27. The van der Waals surface area contributed by atoms with Crippen molar-refractivity contribution in [1.29, 1.82) is 0 Å². The molecule has 1 atom stereocenters. The van der Waals surface area contributed by atoms with Crippen LogP contribution in [0.15, 0.2) is 24.3 Å². The van der Waals surface area contributed by atoms with Gasteiger partial charge in [-0.05, 0) is 43.4 Å². The normalized spacial score (nSPS) is 16.1. The van der Waals surface area contributed by atoms with Crippen molar-refractivity contribution >= 4 is 5.97 Å². The van der Waals surface area contributed by atoms with Crippen molar-refractivity contribution in [2.24, 2.45) is 5.92 Å². The first-order chi connectivity index (χ1) is 9.20. The molecule has 0 amide bonds. The maximum Gasteiger partial charge on any atom is 0.345 e. The number of aliphatic carboxylic acids is 1. The molecule has 1 aliphatic carbocycles. The minimum atomic E-state index is -0.848. The van der Waals surface area contributed by atoms with Crippen LogP contribution in [-0.2, 0) is 11.2 Å². The molecule has 19 heavy (non-hydrogen) atoms. The number of carbonyl (C=O) groups is 1. The number of benzene rings is 1. The standard InChI is InChI=1S/C16H22O3/c1-2-3-4-6-12-7-5-8-14(11-12)19-15(16(17)18)13-9-10-13/h5,7-8,11,13,15H,2-4,6,9-10H2,1H3,(H,17,18). The van der Waals surface area contributed by atoms with E-state index in [0.29, 0.717) is 5.75 Å². The fraction of sp³-hybridized carbons (Fsp3) is 0.562. The molecule has 0 saturated heterocycles. The van der Waals surface area contributed by atoms with E-state index in [0.717, 1.165) is 19.3 Å². The molecule has 1 unspecified atom stereocenters. The zero-order chi connectivity index (χ0) is 13.7. The highest BCUT2D eigenvalue weighted by molar-refractivity contribution is 5.73. The fourth-order valence-corrected chi connectivity index (χ4v) is 2.25. The van der Waals surface area contributed by atoms with Crippen LogP contribution in [0.3, 0.4) is 0 Å². The van der Waals surface area contributed by atoms with Gasteiger partial charge in [0, 0.05) is 5.92 Å². The lowest BCUT2D eigenvalue weighted by atomic mass is 10.1. The first-order valence-electron chi connectivity index (χ1n) is 7.19. The third-order valence-electron chi connectivity index (χ3n) is 3.52. The maximum absolute atomic E-state index is 11.2. The van der Waals surface area contributed by atoms with E-state index >= 15 is 0 Å². The molecule has 3 heteroatoms. The summed E-state index contributed by atoms with van der Waals surface area (Å²) in [6.07, 6.45) is 5.90. The van der Waals surface area contributed by atoms with E-state index in [4.69, 9.17) is 9.84 Å². The number of aryl methyl sites for hydroxylation is 1. The molecule has 0 bridgehead atoms. The Morgan fingerprint density at radius 1 is 1.42 bits per heavy atom. The number of hydrogen-bond donors (Lipinski definition) is 1. The summed E-state index contributed by atoms with van der Waals surface area (Å²) in [6.45, 7) is 2.19. The molecule has 0 heterocycles. The van der Waals surface area contributed by atoms with Gasteiger partial charge in [-0.25, -0.2) is 4.79 Å². The first-order valence-corrected chi connectivity index (χ1v) is 7.19. The fourth-order valence-electron chi connectivity index (χ4n) is 2.25. The molecule has 3 nitrogen and oxygen atoms in total. The Labute approximate surface area is 114 Å². The maximum atomic E-state index is 11.2. The summed E-state index contributed by atoms with van der Waals surface area (Å²) in [7, 11) is 0. The molecule has 0 spiro atoms. The highest BCUT2D eigenvalue weighted by atomic mass is 16.5. The van der Waals surface area contributed by atoms with Gasteiger partial charge < -0.3 is 9.84 Å². The quantitative estimate of drug-likeness (QED) is 0.727. The Balaban J connectivity index is 1.95. The minimum Gasteiger partial charge on any atom is -0.478 e. The molecule has 1 aromatic rings. The van der Waals surface area contributed by atoms with Crippen molar-refractivity contribution in [1.82, 2.24) is 0 Å². The second-order valence-electron chi connectivity index (χ2n) is 5.32. The third-order valence-corrected chi connectivity index (χ3v) is 3.52. The Kier molecular flexibility index (Phi) is 4.83. The monoisotopic (exact) mass is 262 g/mol. The topological polar surface area (TPSA) is 46.5 Å². The van der Waals surface area contributed by atoms with E-state index in [2.05, 4.69) is 13.0 Å². The number of hydrogen-bond acceptors (Lipinski definition) is 2. The van der Waals surface area contributed by atoms with Crippen LogP contribution in [0.25, 0.3) is 0 Å². The van der Waals surface area contributed by atoms with Crippen molar-refractivity contribution in [2.45, 2.75) is 51.6 Å². The van der Waals surface area contributed by atoms with Gasteiger partial charge in [0.05, 0.1) is 0 Å². The lowest BCUT2D eigenvalue weighted by Gasteiger charge is -2.15. The highest BCUT2D eigenvalue weighted by Gasteiger charge is 2.38. The number of carboxylic acid groups (broad SMARTS) is 1. The first kappa shape index (κ1) is 13.9. The van der Waals surface area contributed by atoms with Crippen LogP contribution in [0, 0.1) is 5.92 Å². The van der Waals surface area contributed by atoms with E-state index in [1.54, 1.807) is 0 Å². The molecule has 1 fully saturated rings. The van der Waals surface area contributed by atoms with E-state index in [-0.39, 0.29) is 5.92 Å². The zero-order valence-electron chi connectivity index (χ0n) is 11.5. The summed E-state index contributed by atoms with van der Waals surface area (Å²) in [5.41, 5.74) is 1.23. The van der Waals surface area contributed by atoms with Crippen molar-refractivity contribution in [3.63, 3.8) is 0 Å². The zero-order valence-corrected chi connectivity index (χ0v) is 11.5. The van der Waals surface area contributed by atoms with E-state index < -0.39 is 12.1 Å². The van der Waals surface area contributed by atoms with E-state index in [9.17, 15) is 4.79 Å². The Bertz CT molecular complexity index is 424. The average Bonchev–Trinajstić information content (AvgIpc) is 3.21. The number of unbranched alkanes of at least 4 members (excludes halogenated alkanes) is 2. The molecule has 1 N–H and O–H groups in total. The Morgan fingerprint density at radius 3 is 2.84 bits per heavy atom. The predicted octanol–water partition coefficient (Wildman–Crippen LogP) is 3.66. The van der Waals surface area contributed by atoms with E-state index in [1.807, 2.05) is 18.2 Å². The van der Waals surface area contributed by atoms with Crippen LogP contribution in [0.1, 0.15) is 44.6 Å². The number of carboxylic acids is 1. The summed E-state index contributed by atoms with van der Waals surface area (Å²) >= 11 is 0. The molecule has 1 saturated carbocycles. The number of rotatable bonds is 8. The number of ether oxygens (including phenoxy) is 1. The minimum absolute atomic E-state index is 0.196. The van der Waals surface area contributed by atoms with Crippen LogP contribution in [0.2, 0.25) is 0 Å². The second kappa shape index (κ2) is 6.60. The van der Waals surface area contributed by atoms with Crippen LogP contribution in [0.5, 0.6) is 5.75 Å². The van der Waals surface area contributed by atoms with Crippen LogP contribution in [-0.4, -0.2) is 17.2 Å².